The molecule has 1 N–H and O–H groups in total. The number of thiocarbonyl (C=S) groups is 1. The predicted molar refractivity (Wildman–Crippen MR) is 129 cm³/mol. The summed E-state index contributed by atoms with van der Waals surface area (Å²) >= 11 is 5.75. The molecular formula is C25H30N4OS. The molecule has 1 aromatic carbocycles. The van der Waals surface area contributed by atoms with Crippen molar-refractivity contribution >= 4 is 17.3 Å². The second-order valence-electron chi connectivity index (χ2n) is 7.96. The van der Waals surface area contributed by atoms with Gasteiger partial charge in [0.15, 0.2) is 5.11 Å². The van der Waals surface area contributed by atoms with Crippen LogP contribution in [0.4, 0.5) is 0 Å². The van der Waals surface area contributed by atoms with Crippen molar-refractivity contribution in [2.24, 2.45) is 0 Å². The summed E-state index contributed by atoms with van der Waals surface area (Å²) in [4.78, 5) is 6.89. The van der Waals surface area contributed by atoms with E-state index >= 15 is 0 Å². The van der Waals surface area contributed by atoms with E-state index in [0.717, 1.165) is 23.8 Å². The van der Waals surface area contributed by atoms with Gasteiger partial charge in [0.25, 0.3) is 0 Å². The van der Waals surface area contributed by atoms with E-state index in [4.69, 9.17) is 17.0 Å². The Hall–Kier alpha value is -2.70. The molecule has 5 nitrogen and oxygen atoms in total. The Bertz CT molecular complexity index is 1060. The van der Waals surface area contributed by atoms with Crippen LogP contribution in [0.2, 0.25) is 0 Å². The van der Waals surface area contributed by atoms with E-state index in [1.807, 2.05) is 18.3 Å². The van der Waals surface area contributed by atoms with Gasteiger partial charge in [0.05, 0.1) is 24.4 Å². The van der Waals surface area contributed by atoms with Crippen molar-refractivity contribution in [2.45, 2.75) is 39.3 Å². The van der Waals surface area contributed by atoms with Crippen molar-refractivity contribution in [3.63, 3.8) is 0 Å². The first-order valence-electron chi connectivity index (χ1n) is 10.8. The van der Waals surface area contributed by atoms with Crippen LogP contribution in [-0.2, 0) is 11.2 Å². The highest BCUT2D eigenvalue weighted by atomic mass is 32.1. The molecule has 0 bridgehead atoms. The number of hydrogen-bond donors (Lipinski definition) is 1. The second kappa shape index (κ2) is 9.20. The first-order chi connectivity index (χ1) is 15.1. The smallest absolute Gasteiger partial charge is 0.170 e. The minimum absolute atomic E-state index is 0.0130. The summed E-state index contributed by atoms with van der Waals surface area (Å²) in [5.74, 6) is 0. The zero-order chi connectivity index (χ0) is 22.0. The normalized spacial score (nSPS) is 18.5. The Morgan fingerprint density at radius 2 is 1.90 bits per heavy atom. The standard InChI is InChI=1S/C25H30N4OS/c1-5-19-10-6-7-12-22(19)29-17(2)16-20(18(29)3)24-23(21-11-8-9-13-26-21)27-25(31)28(24)14-15-30-4/h6-13,16,23-24H,5,14-15H2,1-4H3,(H,27,31). The lowest BCUT2D eigenvalue weighted by Crippen LogP contribution is -2.32. The van der Waals surface area contributed by atoms with Gasteiger partial charge in [0.1, 0.15) is 0 Å². The maximum absolute atomic E-state index is 5.75. The zero-order valence-electron chi connectivity index (χ0n) is 18.6. The van der Waals surface area contributed by atoms with Crippen LogP contribution in [0, 0.1) is 13.8 Å². The molecule has 0 radical (unpaired) electrons. The fourth-order valence-corrected chi connectivity index (χ4v) is 4.99. The van der Waals surface area contributed by atoms with Crippen LogP contribution in [0.3, 0.4) is 0 Å². The molecule has 2 atom stereocenters. The molecule has 1 fully saturated rings. The lowest BCUT2D eigenvalue weighted by molar-refractivity contribution is 0.164. The quantitative estimate of drug-likeness (QED) is 0.548. The Labute approximate surface area is 190 Å². The molecule has 0 saturated carbocycles. The van der Waals surface area contributed by atoms with E-state index in [0.29, 0.717) is 6.61 Å². The molecule has 3 heterocycles. The van der Waals surface area contributed by atoms with Gasteiger partial charge in [-0.3, -0.25) is 4.98 Å². The van der Waals surface area contributed by atoms with E-state index < -0.39 is 0 Å². The molecule has 2 unspecified atom stereocenters. The summed E-state index contributed by atoms with van der Waals surface area (Å²) in [6.45, 7) is 7.94. The molecule has 0 amide bonds. The number of rotatable bonds is 7. The van der Waals surface area contributed by atoms with Crippen molar-refractivity contribution in [1.82, 2.24) is 19.8 Å². The van der Waals surface area contributed by atoms with Crippen LogP contribution in [0.1, 0.15) is 47.2 Å². The highest BCUT2D eigenvalue weighted by Crippen LogP contribution is 2.41. The number of pyridine rings is 1. The molecule has 0 aliphatic carbocycles. The number of nitrogens with one attached hydrogen (secondary N) is 1. The largest absolute Gasteiger partial charge is 0.383 e. The number of benzene rings is 1. The minimum Gasteiger partial charge on any atom is -0.383 e. The number of para-hydroxylation sites is 1. The van der Waals surface area contributed by atoms with E-state index in [1.165, 1.54) is 28.2 Å². The van der Waals surface area contributed by atoms with E-state index in [2.05, 4.69) is 76.9 Å². The number of ether oxygens (including phenoxy) is 1. The molecule has 1 aliphatic rings. The lowest BCUT2D eigenvalue weighted by atomic mass is 9.97. The van der Waals surface area contributed by atoms with Crippen LogP contribution >= 0.6 is 12.2 Å². The number of nitrogens with zero attached hydrogens (tertiary/aromatic N) is 3. The third kappa shape index (κ3) is 3.98. The lowest BCUT2D eigenvalue weighted by Gasteiger charge is -2.28. The molecule has 1 saturated heterocycles. The third-order valence-electron chi connectivity index (χ3n) is 6.14. The fourth-order valence-electron chi connectivity index (χ4n) is 4.66. The summed E-state index contributed by atoms with van der Waals surface area (Å²) in [7, 11) is 1.73. The molecule has 0 spiro atoms. The van der Waals surface area contributed by atoms with E-state index in [-0.39, 0.29) is 12.1 Å². The van der Waals surface area contributed by atoms with Gasteiger partial charge < -0.3 is 19.5 Å². The number of hydrogen-bond acceptors (Lipinski definition) is 3. The van der Waals surface area contributed by atoms with Gasteiger partial charge >= 0.3 is 0 Å². The first-order valence-corrected chi connectivity index (χ1v) is 11.2. The van der Waals surface area contributed by atoms with E-state index in [9.17, 15) is 0 Å². The molecule has 2 aromatic heterocycles. The van der Waals surface area contributed by atoms with Gasteiger partial charge in [-0.25, -0.2) is 0 Å². The average Bonchev–Trinajstić information content (AvgIpc) is 3.27. The SMILES string of the molecule is CCc1ccccc1-n1c(C)cc(C2C(c3ccccn3)NC(=S)N2CCOC)c1C. The van der Waals surface area contributed by atoms with Gasteiger partial charge in [-0.15, -0.1) is 0 Å². The van der Waals surface area contributed by atoms with Gasteiger partial charge in [-0.05, 0) is 67.9 Å². The topological polar surface area (TPSA) is 42.3 Å². The van der Waals surface area contributed by atoms with E-state index in [1.54, 1.807) is 7.11 Å². The van der Waals surface area contributed by atoms with Gasteiger partial charge in [-0.2, -0.15) is 0 Å². The third-order valence-corrected chi connectivity index (χ3v) is 6.49. The Morgan fingerprint density at radius 1 is 1.13 bits per heavy atom. The Kier molecular flexibility index (Phi) is 6.39. The summed E-state index contributed by atoms with van der Waals surface area (Å²) in [5, 5.41) is 4.27. The van der Waals surface area contributed by atoms with Crippen molar-refractivity contribution in [2.75, 3.05) is 20.3 Å². The van der Waals surface area contributed by atoms with Crippen LogP contribution in [0.5, 0.6) is 0 Å². The monoisotopic (exact) mass is 434 g/mol. The molecule has 4 rings (SSSR count). The maximum Gasteiger partial charge on any atom is 0.170 e. The highest BCUT2D eigenvalue weighted by molar-refractivity contribution is 7.80. The van der Waals surface area contributed by atoms with Crippen LogP contribution in [0.25, 0.3) is 5.69 Å². The van der Waals surface area contributed by atoms with Crippen LogP contribution in [-0.4, -0.2) is 39.8 Å². The van der Waals surface area contributed by atoms with Crippen molar-refractivity contribution < 1.29 is 4.74 Å². The Morgan fingerprint density at radius 3 is 2.61 bits per heavy atom. The van der Waals surface area contributed by atoms with Gasteiger partial charge in [0.2, 0.25) is 0 Å². The molecular weight excluding hydrogens is 404 g/mol. The predicted octanol–water partition coefficient (Wildman–Crippen LogP) is 4.67. The van der Waals surface area contributed by atoms with Crippen molar-refractivity contribution in [3.8, 4) is 5.69 Å². The number of methoxy groups -OCH3 is 1. The average molecular weight is 435 g/mol. The minimum atomic E-state index is -0.0130. The summed E-state index contributed by atoms with van der Waals surface area (Å²) in [6.07, 6.45) is 2.84. The first kappa shape index (κ1) is 21.5. The van der Waals surface area contributed by atoms with Crippen molar-refractivity contribution in [3.05, 3.63) is 82.9 Å². The van der Waals surface area contributed by atoms with Crippen LogP contribution < -0.4 is 5.32 Å². The molecule has 3 aromatic rings. The molecule has 162 valence electrons. The van der Waals surface area contributed by atoms with Crippen molar-refractivity contribution in [1.29, 1.82) is 0 Å². The summed E-state index contributed by atoms with van der Waals surface area (Å²) in [5.41, 5.74) is 7.30. The summed E-state index contributed by atoms with van der Waals surface area (Å²) < 4.78 is 7.76. The molecule has 6 heteroatoms. The Balaban J connectivity index is 1.83. The maximum atomic E-state index is 5.75. The van der Waals surface area contributed by atoms with Crippen LogP contribution in [0.15, 0.2) is 54.7 Å². The van der Waals surface area contributed by atoms with Gasteiger partial charge in [0, 0.05) is 36.9 Å². The highest BCUT2D eigenvalue weighted by Gasteiger charge is 2.41. The summed E-state index contributed by atoms with van der Waals surface area (Å²) in [6, 6.07) is 17.0. The fraction of sp³-hybridized carbons (Fsp3) is 0.360. The molecule has 31 heavy (non-hydrogen) atoms. The number of aryl methyl sites for hydroxylation is 2. The van der Waals surface area contributed by atoms with Gasteiger partial charge in [-0.1, -0.05) is 31.2 Å². The zero-order valence-corrected chi connectivity index (χ0v) is 19.4. The number of aromatic nitrogens is 2. The second-order valence-corrected chi connectivity index (χ2v) is 8.34. The molecule has 1 aliphatic heterocycles.